The second-order valence-electron chi connectivity index (χ2n) is 10.3. The Morgan fingerprint density at radius 3 is 2.76 bits per heavy atom. The number of fused-ring (bicyclic) bond motifs is 2. The number of pyridine rings is 1. The maximum absolute atomic E-state index is 15.0. The number of ether oxygens (including phenoxy) is 3. The predicted molar refractivity (Wildman–Crippen MR) is 169 cm³/mol. The largest absolute Gasteiger partial charge is 0.494 e. The van der Waals surface area contributed by atoms with Crippen LogP contribution in [-0.4, -0.2) is 68.7 Å². The third-order valence-electron chi connectivity index (χ3n) is 7.40. The van der Waals surface area contributed by atoms with Gasteiger partial charge >= 0.3 is 0 Å². The molecule has 232 valence electrons. The summed E-state index contributed by atoms with van der Waals surface area (Å²) in [5.74, 6) is 0.316. The summed E-state index contributed by atoms with van der Waals surface area (Å²) < 4.78 is 34.0. The molecule has 0 radical (unpaired) electrons. The lowest BCUT2D eigenvalue weighted by atomic mass is 10.1. The third kappa shape index (κ3) is 6.44. The van der Waals surface area contributed by atoms with Crippen molar-refractivity contribution in [2.24, 2.45) is 0 Å². The van der Waals surface area contributed by atoms with Crippen LogP contribution in [0.1, 0.15) is 19.8 Å². The highest BCUT2D eigenvalue weighted by Gasteiger charge is 2.23. The maximum atomic E-state index is 15.0. The van der Waals surface area contributed by atoms with Crippen LogP contribution in [-0.2, 0) is 4.79 Å². The molecule has 0 saturated carbocycles. The van der Waals surface area contributed by atoms with Crippen molar-refractivity contribution in [2.45, 2.75) is 25.8 Å². The highest BCUT2D eigenvalue weighted by Crippen LogP contribution is 2.41. The van der Waals surface area contributed by atoms with Gasteiger partial charge in [0.1, 0.15) is 41.5 Å². The van der Waals surface area contributed by atoms with Gasteiger partial charge in [-0.15, -0.1) is 0 Å². The molecule has 1 atom stereocenters. The van der Waals surface area contributed by atoms with Crippen LogP contribution in [0.4, 0.5) is 21.6 Å². The maximum Gasteiger partial charge on any atom is 0.284 e. The van der Waals surface area contributed by atoms with Crippen LogP contribution < -0.4 is 24.8 Å². The monoisotopic (exact) mass is 632 g/mol. The Hall–Kier alpha value is -5.01. The van der Waals surface area contributed by atoms with E-state index in [-0.39, 0.29) is 11.7 Å². The van der Waals surface area contributed by atoms with Gasteiger partial charge in [0, 0.05) is 35.8 Å². The summed E-state index contributed by atoms with van der Waals surface area (Å²) in [5.41, 5.74) is 1.92. The first-order chi connectivity index (χ1) is 21.8. The summed E-state index contributed by atoms with van der Waals surface area (Å²) in [6.07, 6.45) is 7.68. The number of rotatable bonds is 10. The van der Waals surface area contributed by atoms with Crippen molar-refractivity contribution in [3.8, 4) is 23.0 Å². The second kappa shape index (κ2) is 12.9. The van der Waals surface area contributed by atoms with Gasteiger partial charge in [0.05, 0.1) is 35.6 Å². The van der Waals surface area contributed by atoms with E-state index in [0.717, 1.165) is 19.4 Å². The molecule has 0 spiro atoms. The highest BCUT2D eigenvalue weighted by atomic mass is 35.5. The quantitative estimate of drug-likeness (QED) is 0.173. The van der Waals surface area contributed by atoms with Gasteiger partial charge in [-0.2, -0.15) is 5.10 Å². The molecule has 1 saturated heterocycles. The van der Waals surface area contributed by atoms with Gasteiger partial charge < -0.3 is 24.8 Å². The summed E-state index contributed by atoms with van der Waals surface area (Å²) in [4.78, 5) is 27.9. The number of halogens is 2. The van der Waals surface area contributed by atoms with E-state index in [2.05, 4.69) is 30.7 Å². The number of methoxy groups -OCH3 is 1. The van der Waals surface area contributed by atoms with Crippen LogP contribution in [0.15, 0.2) is 67.2 Å². The number of carbonyl (C=O) groups excluding carboxylic acids is 1. The Balaban J connectivity index is 1.29. The standard InChI is InChI=1S/C31H30ClFN8O4/c1-4-44-28-14-23-20(12-24(28)39-31(42)22(33)10-18-6-5-8-40(18)2)30(36-16-34-23)38-25-13-21(32)26(15-27(25)43-3)45-19-7-9-41-29(11-19)35-17-37-41/h7,9-18H,4-6,8H2,1-3H3,(H,39,42)(H,34,36,38). The number of nitrogens with one attached hydrogen (secondary N) is 2. The van der Waals surface area contributed by atoms with E-state index in [1.54, 1.807) is 47.1 Å². The molecule has 2 N–H and O–H groups in total. The summed E-state index contributed by atoms with van der Waals surface area (Å²) >= 11 is 6.63. The Labute approximate surface area is 262 Å². The fourth-order valence-electron chi connectivity index (χ4n) is 5.12. The summed E-state index contributed by atoms with van der Waals surface area (Å²) in [5, 5.41) is 10.8. The Morgan fingerprint density at radius 1 is 1.11 bits per heavy atom. The van der Waals surface area contributed by atoms with Crippen molar-refractivity contribution in [2.75, 3.05) is 37.9 Å². The second-order valence-corrected chi connectivity index (χ2v) is 10.7. The number of hydrogen-bond donors (Lipinski definition) is 2. The van der Waals surface area contributed by atoms with E-state index in [1.165, 1.54) is 25.8 Å². The molecular weight excluding hydrogens is 603 g/mol. The van der Waals surface area contributed by atoms with E-state index in [4.69, 9.17) is 25.8 Å². The van der Waals surface area contributed by atoms with E-state index in [1.807, 2.05) is 18.9 Å². The minimum absolute atomic E-state index is 0.126. The molecule has 2 aromatic carbocycles. The van der Waals surface area contributed by atoms with Crippen molar-refractivity contribution in [3.63, 3.8) is 0 Å². The number of benzene rings is 2. The van der Waals surface area contributed by atoms with Crippen molar-refractivity contribution in [3.05, 3.63) is 72.2 Å². The van der Waals surface area contributed by atoms with Gasteiger partial charge in [-0.1, -0.05) is 11.6 Å². The van der Waals surface area contributed by atoms with Gasteiger partial charge in [0.25, 0.3) is 5.91 Å². The highest BCUT2D eigenvalue weighted by molar-refractivity contribution is 6.32. The molecule has 0 aliphatic carbocycles. The Kier molecular flexibility index (Phi) is 8.62. The third-order valence-corrected chi connectivity index (χ3v) is 7.70. The average molecular weight is 633 g/mol. The molecule has 1 aliphatic rings. The predicted octanol–water partition coefficient (Wildman–Crippen LogP) is 6.16. The van der Waals surface area contributed by atoms with Crippen molar-refractivity contribution in [1.29, 1.82) is 0 Å². The zero-order valence-electron chi connectivity index (χ0n) is 24.8. The first-order valence-electron chi connectivity index (χ1n) is 14.2. The van der Waals surface area contributed by atoms with Crippen molar-refractivity contribution in [1.82, 2.24) is 29.5 Å². The zero-order chi connectivity index (χ0) is 31.5. The zero-order valence-corrected chi connectivity index (χ0v) is 25.5. The Bertz CT molecular complexity index is 1920. The van der Waals surface area contributed by atoms with Crippen LogP contribution >= 0.6 is 11.6 Å². The molecule has 1 aliphatic heterocycles. The van der Waals surface area contributed by atoms with E-state index >= 15 is 0 Å². The molecule has 1 fully saturated rings. The molecule has 12 nitrogen and oxygen atoms in total. The fourth-order valence-corrected chi connectivity index (χ4v) is 5.33. The van der Waals surface area contributed by atoms with Crippen LogP contribution in [0.25, 0.3) is 16.6 Å². The van der Waals surface area contributed by atoms with Gasteiger partial charge in [-0.05, 0) is 57.6 Å². The summed E-state index contributed by atoms with van der Waals surface area (Å²) in [6.45, 7) is 3.00. The molecule has 14 heteroatoms. The molecule has 6 rings (SSSR count). The van der Waals surface area contributed by atoms with Gasteiger partial charge in [0.2, 0.25) is 0 Å². The Morgan fingerprint density at radius 2 is 1.98 bits per heavy atom. The average Bonchev–Trinajstić information content (AvgIpc) is 3.67. The number of carbonyl (C=O) groups is 1. The van der Waals surface area contributed by atoms with Gasteiger partial charge in [-0.25, -0.2) is 23.9 Å². The fraction of sp³-hybridized carbons (Fsp3) is 0.258. The molecule has 1 unspecified atom stereocenters. The number of likely N-dealkylation sites (tertiary alicyclic amines) is 1. The molecule has 5 aromatic rings. The molecule has 3 aromatic heterocycles. The van der Waals surface area contributed by atoms with Crippen LogP contribution in [0.3, 0.4) is 0 Å². The SMILES string of the molecule is CCOc1cc2ncnc(Nc3cc(Cl)c(Oc4ccn5ncnc5c4)cc3OC)c2cc1NC(=O)C(F)=CC1CCCN1C. The van der Waals surface area contributed by atoms with E-state index in [9.17, 15) is 9.18 Å². The molecule has 0 bridgehead atoms. The smallest absolute Gasteiger partial charge is 0.284 e. The van der Waals surface area contributed by atoms with Crippen molar-refractivity contribution >= 4 is 51.3 Å². The number of nitrogens with zero attached hydrogens (tertiary/aromatic N) is 6. The van der Waals surface area contributed by atoms with Crippen molar-refractivity contribution < 1.29 is 23.4 Å². The number of anilines is 3. The number of hydrogen-bond acceptors (Lipinski definition) is 10. The van der Waals surface area contributed by atoms with Gasteiger partial charge in [-0.3, -0.25) is 9.69 Å². The topological polar surface area (TPSA) is 128 Å². The van der Waals surface area contributed by atoms with Crippen LogP contribution in [0.5, 0.6) is 23.0 Å². The van der Waals surface area contributed by atoms with Gasteiger partial charge in [0.15, 0.2) is 11.5 Å². The first-order valence-corrected chi connectivity index (χ1v) is 14.6. The number of likely N-dealkylation sites (N-methyl/N-ethyl adjacent to an activating group) is 1. The summed E-state index contributed by atoms with van der Waals surface area (Å²) in [7, 11) is 3.43. The summed E-state index contributed by atoms with van der Waals surface area (Å²) in [6, 6.07) is 9.96. The minimum Gasteiger partial charge on any atom is -0.494 e. The number of amides is 1. The molecule has 4 heterocycles. The lowest BCUT2D eigenvalue weighted by Crippen LogP contribution is -2.24. The van der Waals surface area contributed by atoms with Crippen LogP contribution in [0, 0.1) is 0 Å². The first kappa shape index (κ1) is 30.0. The van der Waals surface area contributed by atoms with E-state index < -0.39 is 11.7 Å². The van der Waals surface area contributed by atoms with E-state index in [0.29, 0.717) is 62.7 Å². The minimum atomic E-state index is -0.867. The lowest BCUT2D eigenvalue weighted by Gasteiger charge is -2.17. The van der Waals surface area contributed by atoms with Crippen LogP contribution in [0.2, 0.25) is 5.02 Å². The lowest BCUT2D eigenvalue weighted by molar-refractivity contribution is -0.114. The molecule has 45 heavy (non-hydrogen) atoms. The normalized spacial score (nSPS) is 15.4. The molecule has 1 amide bonds. The number of aromatic nitrogens is 5. The molecular formula is C31H30ClFN8O4.